The Hall–Kier alpha value is -1.62. The van der Waals surface area contributed by atoms with Crippen LogP contribution in [0.15, 0.2) is 23.8 Å². The van der Waals surface area contributed by atoms with Gasteiger partial charge in [0.15, 0.2) is 0 Å². The average Bonchev–Trinajstić information content (AvgIpc) is 2.02. The lowest BCUT2D eigenvalue weighted by atomic mass is 9.83. The van der Waals surface area contributed by atoms with Gasteiger partial charge in [-0.25, -0.2) is 4.79 Å². The minimum Gasteiger partial charge on any atom is -0.481 e. The zero-order valence-corrected chi connectivity index (χ0v) is 7.47. The minimum absolute atomic E-state index is 0.121. The second-order valence-corrected chi connectivity index (χ2v) is 3.30. The first kappa shape index (κ1) is 10.5. The van der Waals surface area contributed by atoms with Crippen LogP contribution >= 0.6 is 0 Å². The first-order valence-corrected chi connectivity index (χ1v) is 3.94. The maximum Gasteiger partial charge on any atom is 0.335 e. The van der Waals surface area contributed by atoms with E-state index in [4.69, 9.17) is 10.2 Å². The number of hydrogen-bond acceptors (Lipinski definition) is 3. The summed E-state index contributed by atoms with van der Waals surface area (Å²) in [5.74, 6) is -3.68. The Balaban J connectivity index is 3.07. The van der Waals surface area contributed by atoms with Crippen LogP contribution in [0.5, 0.6) is 0 Å². The zero-order valence-electron chi connectivity index (χ0n) is 7.47. The lowest BCUT2D eigenvalue weighted by Gasteiger charge is -2.27. The van der Waals surface area contributed by atoms with Crippen molar-refractivity contribution in [1.82, 2.24) is 0 Å². The first-order chi connectivity index (χ1) is 6.34. The van der Waals surface area contributed by atoms with Gasteiger partial charge in [-0.2, -0.15) is 0 Å². The van der Waals surface area contributed by atoms with Gasteiger partial charge in [-0.15, -0.1) is 0 Å². The Morgan fingerprint density at radius 3 is 2.43 bits per heavy atom. The average molecular weight is 198 g/mol. The van der Waals surface area contributed by atoms with E-state index in [0.29, 0.717) is 0 Å². The molecule has 2 unspecified atom stereocenters. The second-order valence-electron chi connectivity index (χ2n) is 3.30. The van der Waals surface area contributed by atoms with Crippen LogP contribution in [-0.4, -0.2) is 32.9 Å². The molecule has 0 aromatic carbocycles. The smallest absolute Gasteiger partial charge is 0.335 e. The molecular formula is C9H10O5. The third-order valence-electron chi connectivity index (χ3n) is 2.09. The predicted molar refractivity (Wildman–Crippen MR) is 46.6 cm³/mol. The molecular weight excluding hydrogens is 188 g/mol. The fourth-order valence-electron chi connectivity index (χ4n) is 1.23. The van der Waals surface area contributed by atoms with Crippen molar-refractivity contribution in [3.8, 4) is 0 Å². The number of hydrogen-bond donors (Lipinski definition) is 3. The number of carboxylic acids is 2. The topological polar surface area (TPSA) is 94.8 Å². The van der Waals surface area contributed by atoms with Gasteiger partial charge in [0.2, 0.25) is 0 Å². The molecule has 0 bridgehead atoms. The van der Waals surface area contributed by atoms with E-state index in [-0.39, 0.29) is 5.57 Å². The molecule has 5 nitrogen and oxygen atoms in total. The summed E-state index contributed by atoms with van der Waals surface area (Å²) < 4.78 is 0. The molecule has 0 radical (unpaired) electrons. The van der Waals surface area contributed by atoms with Crippen LogP contribution in [0.25, 0.3) is 0 Å². The molecule has 0 aliphatic heterocycles. The summed E-state index contributed by atoms with van der Waals surface area (Å²) in [5, 5.41) is 27.0. The summed E-state index contributed by atoms with van der Waals surface area (Å²) in [6, 6.07) is 0. The number of aliphatic carboxylic acids is 2. The molecule has 0 amide bonds. The minimum atomic E-state index is -1.54. The Morgan fingerprint density at radius 1 is 1.43 bits per heavy atom. The van der Waals surface area contributed by atoms with Crippen molar-refractivity contribution in [2.24, 2.45) is 5.92 Å². The van der Waals surface area contributed by atoms with Crippen molar-refractivity contribution in [2.45, 2.75) is 12.5 Å². The highest BCUT2D eigenvalue weighted by Crippen LogP contribution is 2.27. The van der Waals surface area contributed by atoms with Crippen molar-refractivity contribution < 1.29 is 24.9 Å². The van der Waals surface area contributed by atoms with E-state index in [9.17, 15) is 14.7 Å². The van der Waals surface area contributed by atoms with Crippen molar-refractivity contribution in [2.75, 3.05) is 0 Å². The van der Waals surface area contributed by atoms with Crippen LogP contribution in [0.2, 0.25) is 0 Å². The normalized spacial score (nSPS) is 31.0. The van der Waals surface area contributed by atoms with E-state index < -0.39 is 23.5 Å². The summed E-state index contributed by atoms with van der Waals surface area (Å²) in [6.45, 7) is 1.32. The zero-order chi connectivity index (χ0) is 10.9. The molecule has 0 aromatic rings. The largest absolute Gasteiger partial charge is 0.481 e. The molecule has 2 atom stereocenters. The number of carboxylic acid groups (broad SMARTS) is 2. The van der Waals surface area contributed by atoms with Crippen LogP contribution in [0.1, 0.15) is 6.92 Å². The quantitative estimate of drug-likeness (QED) is 0.581. The Kier molecular flexibility index (Phi) is 2.44. The highest BCUT2D eigenvalue weighted by atomic mass is 16.4. The highest BCUT2D eigenvalue weighted by molar-refractivity contribution is 5.92. The molecule has 0 heterocycles. The number of aliphatic hydroxyl groups is 1. The molecule has 76 valence electrons. The van der Waals surface area contributed by atoms with Crippen LogP contribution in [0.3, 0.4) is 0 Å². The second kappa shape index (κ2) is 3.26. The first-order valence-electron chi connectivity index (χ1n) is 3.94. The Bertz CT molecular complexity index is 337. The molecule has 5 heteroatoms. The molecule has 1 rings (SSSR count). The molecule has 3 N–H and O–H groups in total. The molecule has 0 saturated carbocycles. The molecule has 0 spiro atoms. The molecule has 0 aromatic heterocycles. The summed E-state index contributed by atoms with van der Waals surface area (Å²) in [6.07, 6.45) is 3.40. The number of carbonyl (C=O) groups is 2. The van der Waals surface area contributed by atoms with E-state index in [1.807, 2.05) is 0 Å². The molecule has 1 aliphatic carbocycles. The van der Waals surface area contributed by atoms with Gasteiger partial charge >= 0.3 is 11.9 Å². The SMILES string of the molecule is CC1(O)C=CC(C(=O)O)=CC1C(=O)O. The van der Waals surface area contributed by atoms with E-state index in [1.54, 1.807) is 0 Å². The van der Waals surface area contributed by atoms with Crippen molar-refractivity contribution in [3.05, 3.63) is 23.8 Å². The van der Waals surface area contributed by atoms with Gasteiger partial charge in [0.05, 0.1) is 11.2 Å². The molecule has 0 saturated heterocycles. The van der Waals surface area contributed by atoms with Crippen LogP contribution in [-0.2, 0) is 9.59 Å². The van der Waals surface area contributed by atoms with Gasteiger partial charge in [-0.05, 0) is 13.0 Å². The van der Waals surface area contributed by atoms with Crippen molar-refractivity contribution >= 4 is 11.9 Å². The van der Waals surface area contributed by atoms with E-state index in [0.717, 1.165) is 6.08 Å². The van der Waals surface area contributed by atoms with Crippen molar-refractivity contribution in [1.29, 1.82) is 0 Å². The lowest BCUT2D eigenvalue weighted by molar-refractivity contribution is -0.145. The van der Waals surface area contributed by atoms with Crippen LogP contribution in [0, 0.1) is 5.92 Å². The lowest BCUT2D eigenvalue weighted by Crippen LogP contribution is -2.38. The molecule has 1 aliphatic rings. The maximum atomic E-state index is 10.7. The van der Waals surface area contributed by atoms with Gasteiger partial charge < -0.3 is 15.3 Å². The third kappa shape index (κ3) is 1.82. The van der Waals surface area contributed by atoms with Gasteiger partial charge in [0.25, 0.3) is 0 Å². The number of rotatable bonds is 2. The standard InChI is InChI=1S/C9H10O5/c1-9(14)3-2-5(7(10)11)4-6(9)8(12)13/h2-4,6,14H,1H3,(H,10,11)(H,12,13). The monoisotopic (exact) mass is 198 g/mol. The highest BCUT2D eigenvalue weighted by Gasteiger charge is 2.36. The van der Waals surface area contributed by atoms with E-state index in [2.05, 4.69) is 0 Å². The van der Waals surface area contributed by atoms with E-state index >= 15 is 0 Å². The maximum absolute atomic E-state index is 10.7. The van der Waals surface area contributed by atoms with E-state index in [1.165, 1.54) is 19.1 Å². The molecule has 14 heavy (non-hydrogen) atoms. The summed E-state index contributed by atoms with van der Waals surface area (Å²) in [4.78, 5) is 21.2. The Labute approximate surface area is 80.0 Å². The summed E-state index contributed by atoms with van der Waals surface area (Å²) in [7, 11) is 0. The van der Waals surface area contributed by atoms with Gasteiger partial charge in [-0.1, -0.05) is 12.2 Å². The van der Waals surface area contributed by atoms with Crippen LogP contribution in [0.4, 0.5) is 0 Å². The van der Waals surface area contributed by atoms with Gasteiger partial charge in [-0.3, -0.25) is 4.79 Å². The summed E-state index contributed by atoms with van der Waals surface area (Å²) >= 11 is 0. The summed E-state index contributed by atoms with van der Waals surface area (Å²) in [5.41, 5.74) is -1.66. The third-order valence-corrected chi connectivity index (χ3v) is 2.09. The van der Waals surface area contributed by atoms with Crippen molar-refractivity contribution in [3.63, 3.8) is 0 Å². The van der Waals surface area contributed by atoms with Gasteiger partial charge in [0, 0.05) is 0 Å². The Morgan fingerprint density at radius 2 is 2.00 bits per heavy atom. The van der Waals surface area contributed by atoms with Gasteiger partial charge in [0.1, 0.15) is 5.92 Å². The van der Waals surface area contributed by atoms with Crippen LogP contribution < -0.4 is 0 Å². The fraction of sp³-hybridized carbons (Fsp3) is 0.333. The fourth-order valence-corrected chi connectivity index (χ4v) is 1.23. The molecule has 0 fully saturated rings. The predicted octanol–water partition coefficient (Wildman–Crippen LogP) is 0.0190.